The maximum atomic E-state index is 11.6. The second kappa shape index (κ2) is 8.94. The van der Waals surface area contributed by atoms with Gasteiger partial charge in [-0.05, 0) is 36.1 Å². The highest BCUT2D eigenvalue weighted by Crippen LogP contribution is 2.43. The summed E-state index contributed by atoms with van der Waals surface area (Å²) in [7, 11) is 1.63. The molecule has 0 unspecified atom stereocenters. The van der Waals surface area contributed by atoms with E-state index < -0.39 is 0 Å². The van der Waals surface area contributed by atoms with Crippen LogP contribution in [0.25, 0.3) is 0 Å². The number of fused-ring (bicyclic) bond motifs is 1. The van der Waals surface area contributed by atoms with Crippen molar-refractivity contribution in [1.29, 1.82) is 0 Å². The Balaban J connectivity index is 2.12. The summed E-state index contributed by atoms with van der Waals surface area (Å²) >= 11 is 1.88. The summed E-state index contributed by atoms with van der Waals surface area (Å²) in [5, 5.41) is 4.00. The Hall–Kier alpha value is -1.78. The van der Waals surface area contributed by atoms with Gasteiger partial charge in [0.25, 0.3) is 0 Å². The van der Waals surface area contributed by atoms with Crippen LogP contribution in [0.4, 0.5) is 0 Å². The van der Waals surface area contributed by atoms with Gasteiger partial charge in [0.2, 0.25) is 0 Å². The molecule has 3 rings (SSSR count). The van der Waals surface area contributed by atoms with Crippen LogP contribution in [0.3, 0.4) is 0 Å². The van der Waals surface area contributed by atoms with E-state index >= 15 is 0 Å². The Kier molecular flexibility index (Phi) is 6.61. The second-order valence-electron chi connectivity index (χ2n) is 7.26. The van der Waals surface area contributed by atoms with Gasteiger partial charge in [-0.25, -0.2) is 0 Å². The van der Waals surface area contributed by atoms with E-state index in [0.717, 1.165) is 24.9 Å². The molecule has 3 nitrogen and oxygen atoms in total. The first-order valence-electron chi connectivity index (χ1n) is 9.79. The second-order valence-corrected chi connectivity index (χ2v) is 8.28. The normalized spacial score (nSPS) is 22.0. The molecule has 2 aromatic rings. The van der Waals surface area contributed by atoms with E-state index in [1.54, 1.807) is 7.11 Å². The van der Waals surface area contributed by atoms with Gasteiger partial charge in [-0.1, -0.05) is 57.0 Å². The summed E-state index contributed by atoms with van der Waals surface area (Å²) in [5.41, 5.74) is 3.09. The SMILES string of the molecule is CCCC[C@@]1(CC)CSc2cc(OC)c(C=O)cc2[C@H](c2ccccc2)N1. The summed E-state index contributed by atoms with van der Waals surface area (Å²) in [6.07, 6.45) is 5.53. The fourth-order valence-electron chi connectivity index (χ4n) is 3.81. The number of benzene rings is 2. The first kappa shape index (κ1) is 20.0. The van der Waals surface area contributed by atoms with E-state index in [1.807, 2.05) is 30.0 Å². The molecule has 4 heteroatoms. The molecule has 0 fully saturated rings. The van der Waals surface area contributed by atoms with E-state index in [2.05, 4.69) is 43.4 Å². The fourth-order valence-corrected chi connectivity index (χ4v) is 5.20. The molecule has 2 aromatic carbocycles. The standard InChI is InChI=1S/C23H29NO2S/c1-4-6-12-23(5-2)16-27-21-14-20(26-3)18(15-25)13-19(21)22(24-23)17-10-8-7-9-11-17/h7-11,13-15,22,24H,4-6,12,16H2,1-3H3/t22-,23-/m0/s1. The van der Waals surface area contributed by atoms with E-state index in [-0.39, 0.29) is 11.6 Å². The smallest absolute Gasteiger partial charge is 0.153 e. The first-order chi connectivity index (χ1) is 13.2. The van der Waals surface area contributed by atoms with E-state index in [9.17, 15) is 4.79 Å². The molecule has 1 heterocycles. The summed E-state index contributed by atoms with van der Waals surface area (Å²) < 4.78 is 5.46. The van der Waals surface area contributed by atoms with Crippen molar-refractivity contribution in [3.63, 3.8) is 0 Å². The highest BCUT2D eigenvalue weighted by molar-refractivity contribution is 7.99. The molecule has 0 saturated heterocycles. The Bertz CT molecular complexity index is 777. The van der Waals surface area contributed by atoms with Crippen LogP contribution < -0.4 is 10.1 Å². The van der Waals surface area contributed by atoms with Gasteiger partial charge in [0.05, 0.1) is 18.7 Å². The number of methoxy groups -OCH3 is 1. The quantitative estimate of drug-likeness (QED) is 0.629. The summed E-state index contributed by atoms with van der Waals surface area (Å²) in [6.45, 7) is 4.52. The molecule has 1 aliphatic heterocycles. The number of carbonyl (C=O) groups excluding carboxylic acids is 1. The van der Waals surface area contributed by atoms with Gasteiger partial charge in [0.15, 0.2) is 6.29 Å². The molecule has 27 heavy (non-hydrogen) atoms. The van der Waals surface area contributed by atoms with Crippen molar-refractivity contribution in [2.75, 3.05) is 12.9 Å². The van der Waals surface area contributed by atoms with Gasteiger partial charge >= 0.3 is 0 Å². The van der Waals surface area contributed by atoms with Crippen LogP contribution in [0.5, 0.6) is 5.75 Å². The Morgan fingerprint density at radius 1 is 1.26 bits per heavy atom. The van der Waals surface area contributed by atoms with Gasteiger partial charge in [0, 0.05) is 16.2 Å². The third kappa shape index (κ3) is 4.22. The monoisotopic (exact) mass is 383 g/mol. The van der Waals surface area contributed by atoms with Crippen LogP contribution in [-0.4, -0.2) is 24.7 Å². The molecule has 0 saturated carbocycles. The largest absolute Gasteiger partial charge is 0.496 e. The average Bonchev–Trinajstić information content (AvgIpc) is 2.89. The van der Waals surface area contributed by atoms with Crippen LogP contribution >= 0.6 is 11.8 Å². The predicted molar refractivity (Wildman–Crippen MR) is 113 cm³/mol. The third-order valence-corrected chi connectivity index (χ3v) is 6.93. The summed E-state index contributed by atoms with van der Waals surface area (Å²) in [4.78, 5) is 12.8. The number of nitrogens with one attached hydrogen (secondary N) is 1. The van der Waals surface area contributed by atoms with Gasteiger partial charge in [-0.3, -0.25) is 10.1 Å². The van der Waals surface area contributed by atoms with Crippen LogP contribution in [-0.2, 0) is 0 Å². The summed E-state index contributed by atoms with van der Waals surface area (Å²) in [5.74, 6) is 1.67. The molecular formula is C23H29NO2S. The zero-order chi connectivity index (χ0) is 19.3. The highest BCUT2D eigenvalue weighted by atomic mass is 32.2. The lowest BCUT2D eigenvalue weighted by Crippen LogP contribution is -2.48. The molecule has 1 aliphatic rings. The van der Waals surface area contributed by atoms with Crippen molar-refractivity contribution in [2.24, 2.45) is 0 Å². The van der Waals surface area contributed by atoms with E-state index in [1.165, 1.54) is 28.9 Å². The van der Waals surface area contributed by atoms with Crippen molar-refractivity contribution >= 4 is 18.0 Å². The predicted octanol–water partition coefficient (Wildman–Crippen LogP) is 5.63. The molecule has 0 radical (unpaired) electrons. The van der Waals surface area contributed by atoms with Crippen molar-refractivity contribution in [3.05, 3.63) is 59.2 Å². The highest BCUT2D eigenvalue weighted by Gasteiger charge is 2.36. The molecule has 0 bridgehead atoms. The van der Waals surface area contributed by atoms with Crippen LogP contribution in [0, 0.1) is 0 Å². The zero-order valence-electron chi connectivity index (χ0n) is 16.5. The molecule has 0 spiro atoms. The molecule has 2 atom stereocenters. The molecule has 0 amide bonds. The van der Waals surface area contributed by atoms with Gasteiger partial charge < -0.3 is 4.74 Å². The fraction of sp³-hybridized carbons (Fsp3) is 0.435. The van der Waals surface area contributed by atoms with Gasteiger partial charge in [-0.2, -0.15) is 0 Å². The van der Waals surface area contributed by atoms with Crippen LogP contribution in [0.15, 0.2) is 47.4 Å². The molecule has 144 valence electrons. The molecule has 1 N–H and O–H groups in total. The van der Waals surface area contributed by atoms with Crippen molar-refractivity contribution in [1.82, 2.24) is 5.32 Å². The Labute approximate surface area is 166 Å². The van der Waals surface area contributed by atoms with Crippen molar-refractivity contribution in [2.45, 2.75) is 56.0 Å². The van der Waals surface area contributed by atoms with E-state index in [0.29, 0.717) is 11.3 Å². The molecule has 0 aromatic heterocycles. The lowest BCUT2D eigenvalue weighted by molar-refractivity contribution is 0.112. The maximum absolute atomic E-state index is 11.6. The first-order valence-corrected chi connectivity index (χ1v) is 10.8. The van der Waals surface area contributed by atoms with Crippen molar-refractivity contribution < 1.29 is 9.53 Å². The number of rotatable bonds is 7. The minimum atomic E-state index is 0.0672. The van der Waals surface area contributed by atoms with Crippen LogP contribution in [0.2, 0.25) is 0 Å². The summed E-state index contributed by atoms with van der Waals surface area (Å²) in [6, 6.07) is 14.7. The van der Waals surface area contributed by atoms with E-state index in [4.69, 9.17) is 4.74 Å². The number of aldehydes is 1. The average molecular weight is 384 g/mol. The van der Waals surface area contributed by atoms with Crippen molar-refractivity contribution in [3.8, 4) is 5.75 Å². The lowest BCUT2D eigenvalue weighted by atomic mass is 9.87. The van der Waals surface area contributed by atoms with Crippen LogP contribution in [0.1, 0.15) is 67.1 Å². The molecule has 0 aliphatic carbocycles. The number of hydrogen-bond donors (Lipinski definition) is 1. The minimum absolute atomic E-state index is 0.0672. The van der Waals surface area contributed by atoms with Gasteiger partial charge in [0.1, 0.15) is 5.75 Å². The lowest BCUT2D eigenvalue weighted by Gasteiger charge is -2.36. The number of unbranched alkanes of at least 4 members (excludes halogenated alkanes) is 1. The number of hydrogen-bond acceptors (Lipinski definition) is 4. The third-order valence-electron chi connectivity index (χ3n) is 5.57. The minimum Gasteiger partial charge on any atom is -0.496 e. The Morgan fingerprint density at radius 3 is 2.67 bits per heavy atom. The topological polar surface area (TPSA) is 38.3 Å². The maximum Gasteiger partial charge on any atom is 0.153 e. The van der Waals surface area contributed by atoms with Gasteiger partial charge in [-0.15, -0.1) is 11.8 Å². The molecular weight excluding hydrogens is 354 g/mol. The number of ether oxygens (including phenoxy) is 1. The number of thioether (sulfide) groups is 1. The number of carbonyl (C=O) groups is 1. The zero-order valence-corrected chi connectivity index (χ0v) is 17.3. The Morgan fingerprint density at radius 2 is 2.04 bits per heavy atom.